The number of aliphatic carboxylic acids is 1. The number of para-hydroxylation sites is 1. The van der Waals surface area contributed by atoms with Crippen molar-refractivity contribution in [2.75, 3.05) is 24.5 Å². The Morgan fingerprint density at radius 3 is 2.59 bits per heavy atom. The highest BCUT2D eigenvalue weighted by Gasteiger charge is 2.29. The van der Waals surface area contributed by atoms with E-state index >= 15 is 0 Å². The summed E-state index contributed by atoms with van der Waals surface area (Å²) in [6, 6.07) is 19.7. The van der Waals surface area contributed by atoms with Gasteiger partial charge in [0.05, 0.1) is 14.1 Å². The maximum Gasteiger partial charge on any atom is 0.304 e. The number of ether oxygens (including phenoxy) is 1. The summed E-state index contributed by atoms with van der Waals surface area (Å²) in [5.74, 6) is 0.739. The standard InChI is InChI=1S/C26H30N2O4/c1-19(2)28(22-11-9-20(10-12-22)24-8-5-15-31-24)16-21-6-3-4-7-25(21)32-23-17-27(18-23)14-13-26(29)30/h3-12,15,19,23H,13-14,16-18H2,1-2H3,(H,29,30)/i16D. The summed E-state index contributed by atoms with van der Waals surface area (Å²) in [5, 5.41) is 8.85. The first-order valence-electron chi connectivity index (χ1n) is 11.5. The molecule has 6 nitrogen and oxygen atoms in total. The summed E-state index contributed by atoms with van der Waals surface area (Å²) in [6.45, 7) is 5.46. The quantitative estimate of drug-likeness (QED) is 0.489. The molecule has 0 radical (unpaired) electrons. The lowest BCUT2D eigenvalue weighted by Gasteiger charge is -2.39. The van der Waals surface area contributed by atoms with Crippen molar-refractivity contribution in [3.63, 3.8) is 0 Å². The van der Waals surface area contributed by atoms with E-state index in [9.17, 15) is 4.79 Å². The van der Waals surface area contributed by atoms with Crippen LogP contribution in [-0.2, 0) is 11.3 Å². The number of carbonyl (C=O) groups is 1. The fourth-order valence-corrected chi connectivity index (χ4v) is 3.82. The lowest BCUT2D eigenvalue weighted by molar-refractivity contribution is -0.138. The lowest BCUT2D eigenvalue weighted by Crippen LogP contribution is -2.54. The summed E-state index contributed by atoms with van der Waals surface area (Å²) in [5.41, 5.74) is 2.76. The van der Waals surface area contributed by atoms with Gasteiger partial charge in [-0.15, -0.1) is 0 Å². The second-order valence-corrected chi connectivity index (χ2v) is 8.34. The Hall–Kier alpha value is -3.25. The highest BCUT2D eigenvalue weighted by atomic mass is 16.5. The molecule has 168 valence electrons. The molecule has 0 spiro atoms. The second-order valence-electron chi connectivity index (χ2n) is 8.34. The van der Waals surface area contributed by atoms with Gasteiger partial charge in [-0.2, -0.15) is 0 Å². The summed E-state index contributed by atoms with van der Waals surface area (Å²) in [6.07, 6.45) is 1.81. The minimum atomic E-state index is -0.785. The van der Waals surface area contributed by atoms with Gasteiger partial charge in [-0.1, -0.05) is 18.2 Å². The number of likely N-dealkylation sites (tertiary alicyclic amines) is 1. The number of furan rings is 1. The van der Waals surface area contributed by atoms with Crippen LogP contribution in [-0.4, -0.2) is 47.8 Å². The highest BCUT2D eigenvalue weighted by molar-refractivity contribution is 5.66. The first-order valence-corrected chi connectivity index (χ1v) is 11.0. The Bertz CT molecular complexity index is 1050. The van der Waals surface area contributed by atoms with Crippen molar-refractivity contribution in [2.45, 2.75) is 38.9 Å². The SMILES string of the molecule is [2H]C(c1ccccc1OC1CN(CCC(=O)O)C1)N(c1ccc(-c2ccco2)cc1)C(C)C. The average Bonchev–Trinajstić information content (AvgIpc) is 3.30. The molecule has 1 aromatic heterocycles. The predicted octanol–water partition coefficient (Wildman–Crippen LogP) is 4.90. The monoisotopic (exact) mass is 435 g/mol. The molecule has 1 fully saturated rings. The highest BCUT2D eigenvalue weighted by Crippen LogP contribution is 2.29. The molecule has 3 aromatic rings. The predicted molar refractivity (Wildman–Crippen MR) is 125 cm³/mol. The molecule has 1 unspecified atom stereocenters. The van der Waals surface area contributed by atoms with E-state index < -0.39 is 12.5 Å². The smallest absolute Gasteiger partial charge is 0.304 e. The van der Waals surface area contributed by atoms with Gasteiger partial charge in [0.1, 0.15) is 17.6 Å². The van der Waals surface area contributed by atoms with Gasteiger partial charge in [0.15, 0.2) is 0 Å². The molecule has 0 bridgehead atoms. The largest absolute Gasteiger partial charge is 0.487 e. The maximum atomic E-state index is 10.8. The van der Waals surface area contributed by atoms with Gasteiger partial charge in [-0.3, -0.25) is 9.69 Å². The van der Waals surface area contributed by atoms with E-state index in [4.69, 9.17) is 15.6 Å². The van der Waals surface area contributed by atoms with E-state index in [2.05, 4.69) is 23.6 Å². The zero-order valence-corrected chi connectivity index (χ0v) is 18.5. The third kappa shape index (κ3) is 5.32. The number of nitrogens with zero attached hydrogens (tertiary/aromatic N) is 2. The molecule has 0 saturated carbocycles. The van der Waals surface area contributed by atoms with Crippen LogP contribution in [0.4, 0.5) is 5.69 Å². The van der Waals surface area contributed by atoms with Crippen molar-refractivity contribution >= 4 is 11.7 Å². The van der Waals surface area contributed by atoms with Crippen LogP contribution in [0.15, 0.2) is 71.3 Å². The van der Waals surface area contributed by atoms with Gasteiger partial charge in [-0.05, 0) is 56.3 Å². The first-order chi connectivity index (χ1) is 15.9. The molecular formula is C26H30N2O4. The fraction of sp³-hybridized carbons (Fsp3) is 0.346. The van der Waals surface area contributed by atoms with E-state index in [1.54, 1.807) is 6.26 Å². The van der Waals surface area contributed by atoms with E-state index in [-0.39, 0.29) is 18.6 Å². The molecule has 1 aliphatic heterocycles. The van der Waals surface area contributed by atoms with Crippen LogP contribution in [0.3, 0.4) is 0 Å². The van der Waals surface area contributed by atoms with E-state index in [1.165, 1.54) is 0 Å². The number of carboxylic acids is 1. The van der Waals surface area contributed by atoms with E-state index in [0.717, 1.165) is 22.6 Å². The molecule has 6 heteroatoms. The Morgan fingerprint density at radius 2 is 1.94 bits per heavy atom. The Balaban J connectivity index is 1.48. The molecular weight excluding hydrogens is 404 g/mol. The lowest BCUT2D eigenvalue weighted by atomic mass is 10.1. The Labute approximate surface area is 190 Å². The fourth-order valence-electron chi connectivity index (χ4n) is 3.82. The van der Waals surface area contributed by atoms with Crippen LogP contribution in [0.2, 0.25) is 0 Å². The van der Waals surface area contributed by atoms with Gasteiger partial charge >= 0.3 is 5.97 Å². The molecule has 32 heavy (non-hydrogen) atoms. The summed E-state index contributed by atoms with van der Waals surface area (Å²) in [4.78, 5) is 14.9. The van der Waals surface area contributed by atoms with Crippen molar-refractivity contribution in [3.8, 4) is 17.1 Å². The van der Waals surface area contributed by atoms with Crippen LogP contribution in [0.5, 0.6) is 5.75 Å². The molecule has 2 heterocycles. The maximum absolute atomic E-state index is 10.8. The van der Waals surface area contributed by atoms with Crippen LogP contribution in [0.25, 0.3) is 11.3 Å². The molecule has 1 atom stereocenters. The van der Waals surface area contributed by atoms with Crippen molar-refractivity contribution in [1.82, 2.24) is 4.90 Å². The molecule has 0 aliphatic carbocycles. The van der Waals surface area contributed by atoms with Gasteiger partial charge in [0.25, 0.3) is 0 Å². The van der Waals surface area contributed by atoms with E-state index in [0.29, 0.717) is 25.4 Å². The van der Waals surface area contributed by atoms with Crippen LogP contribution < -0.4 is 9.64 Å². The summed E-state index contributed by atoms with van der Waals surface area (Å²) in [7, 11) is 0. The van der Waals surface area contributed by atoms with Gasteiger partial charge in [-0.25, -0.2) is 0 Å². The molecule has 1 N–H and O–H groups in total. The summed E-state index contributed by atoms with van der Waals surface area (Å²) < 4.78 is 20.8. The van der Waals surface area contributed by atoms with Crippen LogP contribution >= 0.6 is 0 Å². The Kier molecular flexibility index (Phi) is 6.40. The zero-order chi connectivity index (χ0) is 23.4. The van der Waals surface area contributed by atoms with E-state index in [1.807, 2.05) is 60.7 Å². The molecule has 0 amide bonds. The molecule has 1 aliphatic rings. The minimum Gasteiger partial charge on any atom is -0.487 e. The normalized spacial score (nSPS) is 15.8. The number of hydrogen-bond acceptors (Lipinski definition) is 5. The minimum absolute atomic E-state index is 0.00669. The molecule has 4 rings (SSSR count). The van der Waals surface area contributed by atoms with Crippen LogP contribution in [0, 0.1) is 0 Å². The third-order valence-corrected chi connectivity index (χ3v) is 5.58. The van der Waals surface area contributed by atoms with Crippen LogP contribution in [0.1, 0.15) is 27.2 Å². The van der Waals surface area contributed by atoms with Gasteiger partial charge < -0.3 is 19.2 Å². The van der Waals surface area contributed by atoms with Crippen molar-refractivity contribution in [2.24, 2.45) is 0 Å². The Morgan fingerprint density at radius 1 is 1.19 bits per heavy atom. The number of hydrogen-bond donors (Lipinski definition) is 1. The zero-order valence-electron chi connectivity index (χ0n) is 19.5. The average molecular weight is 436 g/mol. The van der Waals surface area contributed by atoms with Gasteiger partial charge in [0, 0.05) is 49.0 Å². The number of anilines is 1. The topological polar surface area (TPSA) is 66.2 Å². The van der Waals surface area contributed by atoms with Crippen molar-refractivity contribution < 1.29 is 20.4 Å². The van der Waals surface area contributed by atoms with Gasteiger partial charge in [0.2, 0.25) is 0 Å². The van der Waals surface area contributed by atoms with Crippen molar-refractivity contribution in [3.05, 3.63) is 72.5 Å². The first kappa shape index (κ1) is 20.6. The number of benzene rings is 2. The summed E-state index contributed by atoms with van der Waals surface area (Å²) >= 11 is 0. The molecule has 2 aromatic carbocycles. The third-order valence-electron chi connectivity index (χ3n) is 5.58. The number of carboxylic acid groups (broad SMARTS) is 1. The second kappa shape index (κ2) is 9.92. The molecule has 1 saturated heterocycles. The number of rotatable bonds is 10. The van der Waals surface area contributed by atoms with Crippen molar-refractivity contribution in [1.29, 1.82) is 0 Å².